The van der Waals surface area contributed by atoms with Crippen LogP contribution in [0.5, 0.6) is 0 Å². The summed E-state index contributed by atoms with van der Waals surface area (Å²) in [5.74, 6) is -0.552. The van der Waals surface area contributed by atoms with E-state index in [1.165, 1.54) is 18.2 Å². The Kier molecular flexibility index (Phi) is 3.01. The molecule has 2 aromatic carbocycles. The lowest BCUT2D eigenvalue weighted by Gasteiger charge is -2.20. The number of aromatic amines is 1. The number of hydrogen-bond donors (Lipinski definition) is 2. The van der Waals surface area contributed by atoms with Crippen molar-refractivity contribution < 1.29 is 8.78 Å². The molecule has 4 rings (SSSR count). The number of benzene rings is 2. The highest BCUT2D eigenvalue weighted by Crippen LogP contribution is 2.36. The van der Waals surface area contributed by atoms with Crippen LogP contribution in [-0.2, 0) is 13.0 Å². The quantitative estimate of drug-likeness (QED) is 0.694. The highest BCUT2D eigenvalue weighted by Gasteiger charge is 2.23. The summed E-state index contributed by atoms with van der Waals surface area (Å²) in [5, 5.41) is 4.27. The van der Waals surface area contributed by atoms with E-state index >= 15 is 0 Å². The average molecular weight is 298 g/mol. The molecule has 0 aliphatic carbocycles. The Labute approximate surface area is 127 Å². The third-order valence-corrected chi connectivity index (χ3v) is 4.37. The maximum absolute atomic E-state index is 14.2. The van der Waals surface area contributed by atoms with E-state index in [1.54, 1.807) is 12.1 Å². The third-order valence-electron chi connectivity index (χ3n) is 4.37. The molecule has 2 nitrogen and oxygen atoms in total. The first-order chi connectivity index (χ1) is 10.6. The normalized spacial score (nSPS) is 17.7. The van der Waals surface area contributed by atoms with Crippen LogP contribution in [0.15, 0.2) is 36.4 Å². The van der Waals surface area contributed by atoms with Crippen LogP contribution in [0.25, 0.3) is 22.0 Å². The third kappa shape index (κ3) is 2.03. The molecule has 4 heteroatoms. The maximum Gasteiger partial charge on any atom is 0.147 e. The molecule has 1 aliphatic heterocycles. The molecule has 0 radical (unpaired) electrons. The first kappa shape index (κ1) is 13.5. The van der Waals surface area contributed by atoms with Crippen molar-refractivity contribution in [1.82, 2.24) is 10.3 Å². The smallest absolute Gasteiger partial charge is 0.147 e. The topological polar surface area (TPSA) is 27.8 Å². The molecule has 1 aliphatic rings. The molecular formula is C18H16F2N2. The number of aromatic nitrogens is 1. The Bertz CT molecular complexity index is 867. The molecule has 0 saturated heterocycles. The summed E-state index contributed by atoms with van der Waals surface area (Å²) in [6, 6.07) is 9.99. The van der Waals surface area contributed by atoms with Crippen LogP contribution >= 0.6 is 0 Å². The van der Waals surface area contributed by atoms with E-state index < -0.39 is 0 Å². The predicted octanol–water partition coefficient (Wildman–Crippen LogP) is 4.15. The Hall–Kier alpha value is -2.20. The minimum Gasteiger partial charge on any atom is -0.356 e. The molecule has 0 amide bonds. The average Bonchev–Trinajstić information content (AvgIpc) is 2.87. The first-order valence-electron chi connectivity index (χ1n) is 7.44. The van der Waals surface area contributed by atoms with Gasteiger partial charge in [0.05, 0.1) is 5.52 Å². The van der Waals surface area contributed by atoms with Gasteiger partial charge in [-0.25, -0.2) is 8.78 Å². The molecule has 1 unspecified atom stereocenters. The summed E-state index contributed by atoms with van der Waals surface area (Å²) >= 11 is 0. The van der Waals surface area contributed by atoms with Crippen molar-refractivity contribution in [3.63, 3.8) is 0 Å². The van der Waals surface area contributed by atoms with E-state index in [4.69, 9.17) is 0 Å². The fourth-order valence-corrected chi connectivity index (χ4v) is 3.31. The van der Waals surface area contributed by atoms with Crippen LogP contribution in [0.2, 0.25) is 0 Å². The van der Waals surface area contributed by atoms with Gasteiger partial charge in [0, 0.05) is 30.1 Å². The molecule has 0 bridgehead atoms. The highest BCUT2D eigenvalue weighted by molar-refractivity contribution is 5.99. The summed E-state index contributed by atoms with van der Waals surface area (Å²) in [6.07, 6.45) is 0.839. The molecule has 0 fully saturated rings. The van der Waals surface area contributed by atoms with Crippen molar-refractivity contribution in [3.8, 4) is 11.1 Å². The molecule has 1 aromatic heterocycles. The van der Waals surface area contributed by atoms with Gasteiger partial charge in [0.15, 0.2) is 0 Å². The second-order valence-electron chi connectivity index (χ2n) is 5.92. The molecule has 0 spiro atoms. The van der Waals surface area contributed by atoms with Gasteiger partial charge in [-0.05, 0) is 41.8 Å². The zero-order chi connectivity index (χ0) is 15.3. The Balaban J connectivity index is 2.02. The molecule has 1 atom stereocenters. The first-order valence-corrected chi connectivity index (χ1v) is 7.44. The molecule has 112 valence electrons. The summed E-state index contributed by atoms with van der Waals surface area (Å²) in [6.45, 7) is 2.81. The zero-order valence-electron chi connectivity index (χ0n) is 12.2. The van der Waals surface area contributed by atoms with Crippen molar-refractivity contribution in [2.24, 2.45) is 0 Å². The number of nitrogens with one attached hydrogen (secondary N) is 2. The van der Waals surface area contributed by atoms with Crippen molar-refractivity contribution in [2.75, 3.05) is 0 Å². The van der Waals surface area contributed by atoms with Gasteiger partial charge in [0.1, 0.15) is 11.6 Å². The summed E-state index contributed by atoms with van der Waals surface area (Å²) in [5.41, 5.74) is 4.31. The molecule has 0 saturated carbocycles. The number of H-pyrrole nitrogens is 1. The van der Waals surface area contributed by atoms with Crippen LogP contribution in [0.3, 0.4) is 0 Å². The van der Waals surface area contributed by atoms with Crippen LogP contribution < -0.4 is 5.32 Å². The number of rotatable bonds is 1. The predicted molar refractivity (Wildman–Crippen MR) is 83.7 cm³/mol. The maximum atomic E-state index is 14.2. The standard InChI is InChI=1S/C18H16F2N2/c1-10-7-16-14(9-21-10)17-13(5-6-15(20)18(17)22-16)11-3-2-4-12(19)8-11/h2-6,8,10,21-22H,7,9H2,1H3. The fraction of sp³-hybridized carbons (Fsp3) is 0.222. The second-order valence-corrected chi connectivity index (χ2v) is 5.92. The lowest BCUT2D eigenvalue weighted by atomic mass is 9.95. The summed E-state index contributed by atoms with van der Waals surface area (Å²) < 4.78 is 27.8. The molecule has 2 N–H and O–H groups in total. The van der Waals surface area contributed by atoms with Gasteiger partial charge in [-0.2, -0.15) is 0 Å². The fourth-order valence-electron chi connectivity index (χ4n) is 3.31. The molecule has 22 heavy (non-hydrogen) atoms. The number of hydrogen-bond acceptors (Lipinski definition) is 1. The van der Waals surface area contributed by atoms with Gasteiger partial charge in [-0.1, -0.05) is 18.2 Å². The highest BCUT2D eigenvalue weighted by atomic mass is 19.1. The van der Waals surface area contributed by atoms with E-state index in [0.717, 1.165) is 34.2 Å². The molecule has 2 heterocycles. The SMILES string of the molecule is CC1Cc2[nH]c3c(F)ccc(-c4cccc(F)c4)c3c2CN1. The largest absolute Gasteiger partial charge is 0.356 e. The van der Waals surface area contributed by atoms with Gasteiger partial charge >= 0.3 is 0 Å². The monoisotopic (exact) mass is 298 g/mol. The van der Waals surface area contributed by atoms with Gasteiger partial charge in [-0.15, -0.1) is 0 Å². The van der Waals surface area contributed by atoms with Gasteiger partial charge < -0.3 is 10.3 Å². The van der Waals surface area contributed by atoms with Crippen molar-refractivity contribution >= 4 is 10.9 Å². The van der Waals surface area contributed by atoms with E-state index in [0.29, 0.717) is 18.1 Å². The van der Waals surface area contributed by atoms with Crippen LogP contribution in [0.4, 0.5) is 8.78 Å². The van der Waals surface area contributed by atoms with Gasteiger partial charge in [-0.3, -0.25) is 0 Å². The Morgan fingerprint density at radius 1 is 1.14 bits per heavy atom. The van der Waals surface area contributed by atoms with Gasteiger partial charge in [0.2, 0.25) is 0 Å². The van der Waals surface area contributed by atoms with E-state index in [1.807, 2.05) is 6.07 Å². The van der Waals surface area contributed by atoms with Crippen molar-refractivity contribution in [1.29, 1.82) is 0 Å². The van der Waals surface area contributed by atoms with E-state index in [2.05, 4.69) is 17.2 Å². The van der Waals surface area contributed by atoms with Crippen molar-refractivity contribution in [2.45, 2.75) is 25.9 Å². The minimum absolute atomic E-state index is 0.266. The van der Waals surface area contributed by atoms with Crippen LogP contribution in [-0.4, -0.2) is 11.0 Å². The Morgan fingerprint density at radius 2 is 2.00 bits per heavy atom. The van der Waals surface area contributed by atoms with Crippen molar-refractivity contribution in [3.05, 3.63) is 59.3 Å². The van der Waals surface area contributed by atoms with E-state index in [-0.39, 0.29) is 11.6 Å². The number of fused-ring (bicyclic) bond motifs is 3. The number of halogens is 2. The molecular weight excluding hydrogens is 282 g/mol. The molecule has 3 aromatic rings. The lowest BCUT2D eigenvalue weighted by Crippen LogP contribution is -2.32. The van der Waals surface area contributed by atoms with Crippen LogP contribution in [0.1, 0.15) is 18.2 Å². The second kappa shape index (κ2) is 4.92. The van der Waals surface area contributed by atoms with Gasteiger partial charge in [0.25, 0.3) is 0 Å². The zero-order valence-corrected chi connectivity index (χ0v) is 12.2. The summed E-state index contributed by atoms with van der Waals surface area (Å²) in [7, 11) is 0. The summed E-state index contributed by atoms with van der Waals surface area (Å²) in [4.78, 5) is 3.23. The van der Waals surface area contributed by atoms with E-state index in [9.17, 15) is 8.78 Å². The lowest BCUT2D eigenvalue weighted by molar-refractivity contribution is 0.511. The minimum atomic E-state index is -0.286. The Morgan fingerprint density at radius 3 is 2.82 bits per heavy atom. The van der Waals surface area contributed by atoms with Crippen LogP contribution in [0, 0.1) is 11.6 Å².